The zero-order valence-electron chi connectivity index (χ0n) is 13.0. The van der Waals surface area contributed by atoms with Crippen LogP contribution in [0.1, 0.15) is 16.7 Å². The number of rotatable bonds is 6. The van der Waals surface area contributed by atoms with Crippen LogP contribution in [0.15, 0.2) is 42.7 Å². The average molecular weight is 306 g/mol. The Hall–Kier alpha value is -2.84. The molecule has 0 aliphatic rings. The molecule has 0 aliphatic heterocycles. The van der Waals surface area contributed by atoms with Gasteiger partial charge < -0.3 is 15.0 Å². The molecular weight excluding hydrogens is 288 g/mol. The van der Waals surface area contributed by atoms with Crippen molar-refractivity contribution < 1.29 is 4.74 Å². The van der Waals surface area contributed by atoms with Crippen molar-refractivity contribution in [1.29, 1.82) is 5.26 Å². The van der Waals surface area contributed by atoms with Crippen LogP contribution in [0.25, 0.3) is 11.0 Å². The lowest BCUT2D eigenvalue weighted by molar-refractivity contribution is 0.414. The number of H-pyrrole nitrogens is 1. The molecule has 2 heterocycles. The van der Waals surface area contributed by atoms with E-state index in [1.54, 1.807) is 13.3 Å². The highest BCUT2D eigenvalue weighted by molar-refractivity contribution is 5.80. The first-order chi connectivity index (χ1) is 11.3. The first kappa shape index (κ1) is 15.1. The molecular formula is C18H18N4O. The highest BCUT2D eigenvalue weighted by Crippen LogP contribution is 2.18. The molecule has 0 saturated heterocycles. The maximum Gasteiger partial charge on any atom is 0.137 e. The van der Waals surface area contributed by atoms with Gasteiger partial charge in [-0.05, 0) is 42.3 Å². The lowest BCUT2D eigenvalue weighted by Gasteiger charge is -2.06. The van der Waals surface area contributed by atoms with Crippen molar-refractivity contribution in [2.24, 2.45) is 0 Å². The fraction of sp³-hybridized carbons (Fsp3) is 0.222. The van der Waals surface area contributed by atoms with E-state index in [9.17, 15) is 0 Å². The summed E-state index contributed by atoms with van der Waals surface area (Å²) in [5.41, 5.74) is 3.77. The van der Waals surface area contributed by atoms with E-state index >= 15 is 0 Å². The van der Waals surface area contributed by atoms with Gasteiger partial charge in [-0.15, -0.1) is 0 Å². The SMILES string of the molecule is COc1cccc(CNCCc2c[nH]c3ncc(C#N)cc23)c1. The summed E-state index contributed by atoms with van der Waals surface area (Å²) < 4.78 is 5.22. The summed E-state index contributed by atoms with van der Waals surface area (Å²) >= 11 is 0. The number of aromatic amines is 1. The molecule has 116 valence electrons. The smallest absolute Gasteiger partial charge is 0.137 e. The Bertz CT molecular complexity index is 848. The first-order valence-electron chi connectivity index (χ1n) is 7.50. The molecule has 2 aromatic heterocycles. The molecule has 5 heteroatoms. The van der Waals surface area contributed by atoms with E-state index in [2.05, 4.69) is 27.4 Å². The molecule has 3 aromatic rings. The lowest BCUT2D eigenvalue weighted by atomic mass is 10.1. The van der Waals surface area contributed by atoms with Crippen LogP contribution in [0.4, 0.5) is 0 Å². The van der Waals surface area contributed by atoms with Gasteiger partial charge in [0.25, 0.3) is 0 Å². The highest BCUT2D eigenvalue weighted by Gasteiger charge is 2.05. The minimum absolute atomic E-state index is 0.586. The van der Waals surface area contributed by atoms with Gasteiger partial charge in [0.05, 0.1) is 12.7 Å². The van der Waals surface area contributed by atoms with Gasteiger partial charge in [0.15, 0.2) is 0 Å². The van der Waals surface area contributed by atoms with Crippen LogP contribution < -0.4 is 10.1 Å². The van der Waals surface area contributed by atoms with Crippen LogP contribution >= 0.6 is 0 Å². The molecule has 0 saturated carbocycles. The fourth-order valence-electron chi connectivity index (χ4n) is 2.56. The number of hydrogen-bond acceptors (Lipinski definition) is 4. The molecule has 0 bridgehead atoms. The molecule has 0 spiro atoms. The Morgan fingerprint density at radius 3 is 3.09 bits per heavy atom. The zero-order chi connectivity index (χ0) is 16.1. The van der Waals surface area contributed by atoms with Gasteiger partial charge in [-0.1, -0.05) is 12.1 Å². The summed E-state index contributed by atoms with van der Waals surface area (Å²) in [5.74, 6) is 0.871. The van der Waals surface area contributed by atoms with Crippen LogP contribution in [-0.2, 0) is 13.0 Å². The Labute approximate surface area is 134 Å². The van der Waals surface area contributed by atoms with E-state index in [0.29, 0.717) is 5.56 Å². The van der Waals surface area contributed by atoms with Crippen LogP contribution in [-0.4, -0.2) is 23.6 Å². The second kappa shape index (κ2) is 6.95. The number of pyridine rings is 1. The van der Waals surface area contributed by atoms with Crippen molar-refractivity contribution in [2.75, 3.05) is 13.7 Å². The maximum atomic E-state index is 8.99. The molecule has 0 unspecified atom stereocenters. The van der Waals surface area contributed by atoms with E-state index in [1.165, 1.54) is 11.1 Å². The molecule has 0 atom stereocenters. The van der Waals surface area contributed by atoms with E-state index in [0.717, 1.165) is 36.3 Å². The van der Waals surface area contributed by atoms with Crippen LogP contribution in [0.5, 0.6) is 5.75 Å². The molecule has 0 aliphatic carbocycles. The molecule has 2 N–H and O–H groups in total. The third kappa shape index (κ3) is 3.50. The number of ether oxygens (including phenoxy) is 1. The number of nitrogens with zero attached hydrogens (tertiary/aromatic N) is 2. The molecule has 0 fully saturated rings. The molecule has 0 amide bonds. The van der Waals surface area contributed by atoms with Crippen LogP contribution in [0, 0.1) is 11.3 Å². The number of nitrogens with one attached hydrogen (secondary N) is 2. The standard InChI is InChI=1S/C18H18N4O/c1-23-16-4-2-3-13(7-16)10-20-6-5-15-12-22-18-17(15)8-14(9-19)11-21-18/h2-4,7-8,11-12,20H,5-6,10H2,1H3,(H,21,22). The van der Waals surface area contributed by atoms with Gasteiger partial charge in [0, 0.05) is 24.3 Å². The fourth-order valence-corrected chi connectivity index (χ4v) is 2.56. The van der Waals surface area contributed by atoms with E-state index in [-0.39, 0.29) is 0 Å². The van der Waals surface area contributed by atoms with Crippen LogP contribution in [0.2, 0.25) is 0 Å². The van der Waals surface area contributed by atoms with Gasteiger partial charge in [-0.2, -0.15) is 5.26 Å². The Balaban J connectivity index is 1.59. The Morgan fingerprint density at radius 2 is 2.26 bits per heavy atom. The number of fused-ring (bicyclic) bond motifs is 1. The second-order valence-electron chi connectivity index (χ2n) is 5.32. The van der Waals surface area contributed by atoms with E-state index in [4.69, 9.17) is 10.00 Å². The average Bonchev–Trinajstić information content (AvgIpc) is 3.01. The van der Waals surface area contributed by atoms with Gasteiger partial charge >= 0.3 is 0 Å². The normalized spacial score (nSPS) is 10.6. The number of hydrogen-bond donors (Lipinski definition) is 2. The van der Waals surface area contributed by atoms with Crippen molar-refractivity contribution >= 4 is 11.0 Å². The number of methoxy groups -OCH3 is 1. The predicted molar refractivity (Wildman–Crippen MR) is 89.2 cm³/mol. The topological polar surface area (TPSA) is 73.7 Å². The van der Waals surface area contributed by atoms with Crippen LogP contribution in [0.3, 0.4) is 0 Å². The predicted octanol–water partition coefficient (Wildman–Crippen LogP) is 2.78. The summed E-state index contributed by atoms with van der Waals surface area (Å²) in [6.45, 7) is 1.64. The minimum atomic E-state index is 0.586. The summed E-state index contributed by atoms with van der Waals surface area (Å²) in [4.78, 5) is 7.40. The zero-order valence-corrected chi connectivity index (χ0v) is 13.0. The summed E-state index contributed by atoms with van der Waals surface area (Å²) in [6, 6.07) is 12.1. The Morgan fingerprint density at radius 1 is 1.35 bits per heavy atom. The summed E-state index contributed by atoms with van der Waals surface area (Å²) in [6.07, 6.45) is 4.43. The van der Waals surface area contributed by atoms with E-state index < -0.39 is 0 Å². The molecule has 23 heavy (non-hydrogen) atoms. The lowest BCUT2D eigenvalue weighted by Crippen LogP contribution is -2.16. The summed E-state index contributed by atoms with van der Waals surface area (Å²) in [7, 11) is 1.67. The quantitative estimate of drug-likeness (QED) is 0.687. The highest BCUT2D eigenvalue weighted by atomic mass is 16.5. The van der Waals surface area contributed by atoms with Crippen molar-refractivity contribution in [3.63, 3.8) is 0 Å². The third-order valence-corrected chi connectivity index (χ3v) is 3.78. The maximum absolute atomic E-state index is 8.99. The van der Waals surface area contributed by atoms with Crippen molar-refractivity contribution in [2.45, 2.75) is 13.0 Å². The molecule has 3 rings (SSSR count). The van der Waals surface area contributed by atoms with Gasteiger partial charge in [0.1, 0.15) is 17.5 Å². The van der Waals surface area contributed by atoms with Gasteiger partial charge in [-0.3, -0.25) is 0 Å². The van der Waals surface area contributed by atoms with Gasteiger partial charge in [-0.25, -0.2) is 4.98 Å². The molecule has 1 aromatic carbocycles. The third-order valence-electron chi connectivity index (χ3n) is 3.78. The second-order valence-corrected chi connectivity index (χ2v) is 5.32. The van der Waals surface area contributed by atoms with Crippen molar-refractivity contribution in [3.05, 3.63) is 59.4 Å². The van der Waals surface area contributed by atoms with Crippen molar-refractivity contribution in [1.82, 2.24) is 15.3 Å². The van der Waals surface area contributed by atoms with Crippen molar-refractivity contribution in [3.8, 4) is 11.8 Å². The number of aromatic nitrogens is 2. The van der Waals surface area contributed by atoms with E-state index in [1.807, 2.05) is 30.5 Å². The first-order valence-corrected chi connectivity index (χ1v) is 7.50. The number of benzene rings is 1. The monoisotopic (exact) mass is 306 g/mol. The van der Waals surface area contributed by atoms with Gasteiger partial charge in [0.2, 0.25) is 0 Å². The molecule has 5 nitrogen and oxygen atoms in total. The minimum Gasteiger partial charge on any atom is -0.497 e. The largest absolute Gasteiger partial charge is 0.497 e. The number of nitriles is 1. The summed E-state index contributed by atoms with van der Waals surface area (Å²) in [5, 5.41) is 13.4. The Kier molecular flexibility index (Phi) is 4.55. The molecule has 0 radical (unpaired) electrons.